The Morgan fingerprint density at radius 1 is 1.37 bits per heavy atom. The van der Waals surface area contributed by atoms with Crippen molar-refractivity contribution in [3.8, 4) is 0 Å². The molecule has 0 aromatic carbocycles. The summed E-state index contributed by atoms with van der Waals surface area (Å²) in [6.45, 7) is 5.63. The molecule has 0 aromatic rings. The molecule has 4 atom stereocenters. The first-order valence-electron chi connectivity index (χ1n) is 7.25. The Bertz CT molecular complexity index is 285. The largest absolute Gasteiger partial charge is 0.353 e. The number of amides is 1. The van der Waals surface area contributed by atoms with Crippen LogP contribution in [-0.2, 0) is 4.79 Å². The van der Waals surface area contributed by atoms with E-state index in [2.05, 4.69) is 24.5 Å². The molecule has 2 aliphatic rings. The minimum Gasteiger partial charge on any atom is -0.353 e. The van der Waals surface area contributed by atoms with Crippen LogP contribution in [0.4, 0.5) is 0 Å². The molecule has 5 heteroatoms. The summed E-state index contributed by atoms with van der Waals surface area (Å²) in [5.74, 6) is 3.94. The van der Waals surface area contributed by atoms with E-state index < -0.39 is 0 Å². The number of carbonyl (C=O) groups excluding carboxylic acids is 1. The molecule has 4 unspecified atom stereocenters. The highest BCUT2D eigenvalue weighted by Gasteiger charge is 2.27. The molecule has 19 heavy (non-hydrogen) atoms. The van der Waals surface area contributed by atoms with E-state index in [1.165, 1.54) is 18.6 Å². The topological polar surface area (TPSA) is 41.1 Å². The van der Waals surface area contributed by atoms with Gasteiger partial charge < -0.3 is 10.6 Å². The van der Waals surface area contributed by atoms with Gasteiger partial charge in [-0.05, 0) is 31.1 Å². The zero-order valence-electron chi connectivity index (χ0n) is 12.0. The molecule has 1 amide bonds. The summed E-state index contributed by atoms with van der Waals surface area (Å²) in [6.07, 6.45) is 4.31. The molecule has 0 aromatic heterocycles. The lowest BCUT2D eigenvalue weighted by atomic mass is 9.80. The van der Waals surface area contributed by atoms with Gasteiger partial charge in [0.1, 0.15) is 0 Å². The molecule has 0 bridgehead atoms. The molecule has 1 saturated heterocycles. The molecular formula is C14H27ClN2OS. The average molecular weight is 307 g/mol. The fourth-order valence-corrected chi connectivity index (χ4v) is 4.07. The average Bonchev–Trinajstić information content (AvgIpc) is 2.34. The fourth-order valence-electron chi connectivity index (χ4n) is 3.12. The number of hydrogen-bond acceptors (Lipinski definition) is 3. The van der Waals surface area contributed by atoms with Gasteiger partial charge in [0.2, 0.25) is 5.91 Å². The normalized spacial score (nSPS) is 35.3. The van der Waals surface area contributed by atoms with Crippen molar-refractivity contribution in [2.45, 2.75) is 51.6 Å². The molecule has 2 fully saturated rings. The third kappa shape index (κ3) is 5.52. The minimum atomic E-state index is 0. The van der Waals surface area contributed by atoms with Crippen LogP contribution in [-0.4, -0.2) is 36.0 Å². The van der Waals surface area contributed by atoms with E-state index in [-0.39, 0.29) is 18.3 Å². The Hall–Kier alpha value is 0.0700. The van der Waals surface area contributed by atoms with Gasteiger partial charge in [-0.25, -0.2) is 0 Å². The van der Waals surface area contributed by atoms with Crippen molar-refractivity contribution in [2.75, 3.05) is 18.1 Å². The molecule has 1 saturated carbocycles. The standard InChI is InChI=1S/C14H26N2OS.ClH/c1-10-3-4-13(11(2)7-10)16-14(17)8-12-9-18-6-5-15-12;/h10-13,15H,3-9H2,1-2H3,(H,16,17);1H. The first kappa shape index (κ1) is 17.1. The molecule has 112 valence electrons. The summed E-state index contributed by atoms with van der Waals surface area (Å²) < 4.78 is 0. The van der Waals surface area contributed by atoms with Crippen molar-refractivity contribution in [3.63, 3.8) is 0 Å². The first-order chi connectivity index (χ1) is 8.65. The monoisotopic (exact) mass is 306 g/mol. The second-order valence-corrected chi connectivity index (χ2v) is 7.15. The van der Waals surface area contributed by atoms with Crippen molar-refractivity contribution in [2.24, 2.45) is 11.8 Å². The van der Waals surface area contributed by atoms with Gasteiger partial charge in [-0.2, -0.15) is 11.8 Å². The summed E-state index contributed by atoms with van der Waals surface area (Å²) in [4.78, 5) is 12.0. The Balaban J connectivity index is 0.00000180. The first-order valence-corrected chi connectivity index (χ1v) is 8.41. The molecule has 1 aliphatic carbocycles. The van der Waals surface area contributed by atoms with Crippen molar-refractivity contribution >= 4 is 30.1 Å². The van der Waals surface area contributed by atoms with Gasteiger partial charge in [0, 0.05) is 36.6 Å². The number of carbonyl (C=O) groups is 1. The third-order valence-corrected chi connectivity index (χ3v) is 5.34. The van der Waals surface area contributed by atoms with E-state index in [0.717, 1.165) is 24.6 Å². The maximum Gasteiger partial charge on any atom is 0.221 e. The van der Waals surface area contributed by atoms with Gasteiger partial charge in [-0.15, -0.1) is 12.4 Å². The van der Waals surface area contributed by atoms with E-state index in [9.17, 15) is 4.79 Å². The van der Waals surface area contributed by atoms with Crippen LogP contribution < -0.4 is 10.6 Å². The third-order valence-electron chi connectivity index (χ3n) is 4.21. The lowest BCUT2D eigenvalue weighted by Crippen LogP contribution is -2.46. The van der Waals surface area contributed by atoms with Gasteiger partial charge in [0.25, 0.3) is 0 Å². The van der Waals surface area contributed by atoms with Crippen LogP contribution in [0, 0.1) is 11.8 Å². The smallest absolute Gasteiger partial charge is 0.221 e. The van der Waals surface area contributed by atoms with Gasteiger partial charge in [-0.1, -0.05) is 13.8 Å². The summed E-state index contributed by atoms with van der Waals surface area (Å²) in [5.41, 5.74) is 0. The molecule has 3 nitrogen and oxygen atoms in total. The van der Waals surface area contributed by atoms with E-state index in [1.807, 2.05) is 11.8 Å². The van der Waals surface area contributed by atoms with Crippen molar-refractivity contribution in [1.82, 2.24) is 10.6 Å². The maximum atomic E-state index is 12.0. The highest BCUT2D eigenvalue weighted by atomic mass is 35.5. The summed E-state index contributed by atoms with van der Waals surface area (Å²) in [6, 6.07) is 0.784. The molecule has 2 rings (SSSR count). The maximum absolute atomic E-state index is 12.0. The molecule has 0 spiro atoms. The van der Waals surface area contributed by atoms with Gasteiger partial charge in [-0.3, -0.25) is 4.79 Å². The predicted molar refractivity (Wildman–Crippen MR) is 85.1 cm³/mol. The van der Waals surface area contributed by atoms with Crippen LogP contribution in [0.1, 0.15) is 39.5 Å². The predicted octanol–water partition coefficient (Wildman–Crippen LogP) is 2.44. The zero-order valence-corrected chi connectivity index (χ0v) is 13.6. The van der Waals surface area contributed by atoms with Crippen LogP contribution in [0.3, 0.4) is 0 Å². The highest BCUT2D eigenvalue weighted by Crippen LogP contribution is 2.28. The van der Waals surface area contributed by atoms with Crippen molar-refractivity contribution in [1.29, 1.82) is 0 Å². The summed E-state index contributed by atoms with van der Waals surface area (Å²) in [7, 11) is 0. The lowest BCUT2D eigenvalue weighted by Gasteiger charge is -2.33. The second kappa shape index (κ2) is 8.38. The molecule has 1 aliphatic heterocycles. The Morgan fingerprint density at radius 2 is 2.16 bits per heavy atom. The van der Waals surface area contributed by atoms with Gasteiger partial charge in [0.15, 0.2) is 0 Å². The van der Waals surface area contributed by atoms with Crippen molar-refractivity contribution in [3.05, 3.63) is 0 Å². The van der Waals surface area contributed by atoms with E-state index in [0.29, 0.717) is 24.4 Å². The number of thioether (sulfide) groups is 1. The number of hydrogen-bond donors (Lipinski definition) is 2. The second-order valence-electron chi connectivity index (χ2n) is 6.00. The molecule has 2 N–H and O–H groups in total. The SMILES string of the molecule is CC1CCC(NC(=O)CC2CSCCN2)C(C)C1.Cl. The van der Waals surface area contributed by atoms with Crippen LogP contribution in [0.2, 0.25) is 0 Å². The summed E-state index contributed by atoms with van der Waals surface area (Å²) in [5, 5.41) is 6.67. The van der Waals surface area contributed by atoms with E-state index in [4.69, 9.17) is 0 Å². The van der Waals surface area contributed by atoms with Gasteiger partial charge in [0.05, 0.1) is 0 Å². The number of nitrogens with one attached hydrogen (secondary N) is 2. The van der Waals surface area contributed by atoms with E-state index >= 15 is 0 Å². The molecular weight excluding hydrogens is 280 g/mol. The number of halogens is 1. The number of rotatable bonds is 3. The Kier molecular flexibility index (Phi) is 7.55. The fraction of sp³-hybridized carbons (Fsp3) is 0.929. The van der Waals surface area contributed by atoms with Crippen LogP contribution >= 0.6 is 24.2 Å². The van der Waals surface area contributed by atoms with Crippen LogP contribution in [0.25, 0.3) is 0 Å². The Morgan fingerprint density at radius 3 is 2.79 bits per heavy atom. The van der Waals surface area contributed by atoms with Crippen LogP contribution in [0.15, 0.2) is 0 Å². The zero-order chi connectivity index (χ0) is 13.0. The summed E-state index contributed by atoms with van der Waals surface area (Å²) >= 11 is 1.95. The Labute approximate surface area is 127 Å². The van der Waals surface area contributed by atoms with Gasteiger partial charge >= 0.3 is 0 Å². The highest BCUT2D eigenvalue weighted by molar-refractivity contribution is 7.99. The quantitative estimate of drug-likeness (QED) is 0.841. The molecule has 1 heterocycles. The minimum absolute atomic E-state index is 0. The van der Waals surface area contributed by atoms with Crippen molar-refractivity contribution < 1.29 is 4.79 Å². The lowest BCUT2D eigenvalue weighted by molar-refractivity contribution is -0.122. The van der Waals surface area contributed by atoms with E-state index in [1.54, 1.807) is 0 Å². The van der Waals surface area contributed by atoms with Crippen LogP contribution in [0.5, 0.6) is 0 Å². The molecule has 0 radical (unpaired) electrons.